The summed E-state index contributed by atoms with van der Waals surface area (Å²) in [6, 6.07) is 10.6. The van der Waals surface area contributed by atoms with Crippen molar-refractivity contribution in [3.8, 4) is 0 Å². The smallest absolute Gasteiger partial charge is 0.264 e. The van der Waals surface area contributed by atoms with E-state index in [1.165, 1.54) is 11.2 Å². The van der Waals surface area contributed by atoms with Gasteiger partial charge in [-0.15, -0.1) is 0 Å². The molecule has 23 heavy (non-hydrogen) atoms. The predicted octanol–water partition coefficient (Wildman–Crippen LogP) is 3.26. The van der Waals surface area contributed by atoms with Crippen LogP contribution in [0, 0.1) is 13.8 Å². The highest BCUT2D eigenvalue weighted by atomic mass is 32.2. The average Bonchev–Trinajstić information content (AvgIpc) is 2.90. The van der Waals surface area contributed by atoms with Crippen LogP contribution >= 0.6 is 0 Å². The Balaban J connectivity index is 2.06. The maximum absolute atomic E-state index is 13.0. The lowest BCUT2D eigenvalue weighted by Crippen LogP contribution is -2.29. The van der Waals surface area contributed by atoms with E-state index in [0.717, 1.165) is 16.7 Å². The first-order chi connectivity index (χ1) is 10.8. The second-order valence-corrected chi connectivity index (χ2v) is 7.83. The van der Waals surface area contributed by atoms with Crippen LogP contribution in [0.2, 0.25) is 0 Å². The number of rotatable bonds is 3. The Morgan fingerprint density at radius 3 is 2.48 bits per heavy atom. The molecule has 0 saturated heterocycles. The number of aryl methyl sites for hydroxylation is 2. The van der Waals surface area contributed by atoms with Crippen LogP contribution in [-0.2, 0) is 16.4 Å². The molecule has 0 fully saturated rings. The standard InChI is InChI=1S/C18H19NO3S/c1-12-4-7-18(13(2)10-12)23(21,22)19-9-8-16-11-15(14(3)20)5-6-17(16)19/h4-7,10-11H,8-9H2,1-3H3. The van der Waals surface area contributed by atoms with E-state index < -0.39 is 10.0 Å². The molecule has 0 aromatic heterocycles. The van der Waals surface area contributed by atoms with Gasteiger partial charge in [-0.25, -0.2) is 8.42 Å². The average molecular weight is 329 g/mol. The van der Waals surface area contributed by atoms with Gasteiger partial charge < -0.3 is 0 Å². The molecule has 0 spiro atoms. The Kier molecular flexibility index (Phi) is 3.76. The minimum absolute atomic E-state index is 0.0107. The number of anilines is 1. The topological polar surface area (TPSA) is 54.5 Å². The van der Waals surface area contributed by atoms with Crippen molar-refractivity contribution < 1.29 is 13.2 Å². The Morgan fingerprint density at radius 1 is 1.09 bits per heavy atom. The number of hydrogen-bond donors (Lipinski definition) is 0. The molecule has 0 unspecified atom stereocenters. The third kappa shape index (κ3) is 2.65. The highest BCUT2D eigenvalue weighted by molar-refractivity contribution is 7.93. The van der Waals surface area contributed by atoms with Crippen molar-refractivity contribution in [3.05, 3.63) is 58.7 Å². The fraction of sp³-hybridized carbons (Fsp3) is 0.278. The normalized spacial score (nSPS) is 14.0. The fourth-order valence-corrected chi connectivity index (χ4v) is 4.76. The van der Waals surface area contributed by atoms with E-state index in [1.807, 2.05) is 26.0 Å². The number of ketones is 1. The van der Waals surface area contributed by atoms with Gasteiger partial charge in [0.25, 0.3) is 10.0 Å². The van der Waals surface area contributed by atoms with Gasteiger partial charge >= 0.3 is 0 Å². The summed E-state index contributed by atoms with van der Waals surface area (Å²) < 4.78 is 27.5. The van der Waals surface area contributed by atoms with Gasteiger partial charge in [-0.05, 0) is 62.6 Å². The van der Waals surface area contributed by atoms with Crippen molar-refractivity contribution in [1.82, 2.24) is 0 Å². The quantitative estimate of drug-likeness (QED) is 0.812. The molecule has 1 heterocycles. The van der Waals surface area contributed by atoms with Crippen molar-refractivity contribution in [2.24, 2.45) is 0 Å². The summed E-state index contributed by atoms with van der Waals surface area (Å²) >= 11 is 0. The number of hydrogen-bond acceptors (Lipinski definition) is 3. The van der Waals surface area contributed by atoms with Gasteiger partial charge in [-0.1, -0.05) is 17.7 Å². The minimum atomic E-state index is -3.58. The van der Waals surface area contributed by atoms with Gasteiger partial charge in [0.05, 0.1) is 10.6 Å². The van der Waals surface area contributed by atoms with E-state index in [1.54, 1.807) is 24.3 Å². The van der Waals surface area contributed by atoms with Crippen molar-refractivity contribution >= 4 is 21.5 Å². The lowest BCUT2D eigenvalue weighted by Gasteiger charge is -2.21. The predicted molar refractivity (Wildman–Crippen MR) is 90.6 cm³/mol. The summed E-state index contributed by atoms with van der Waals surface area (Å²) in [5.41, 5.74) is 3.99. The van der Waals surface area contributed by atoms with Gasteiger partial charge in [0, 0.05) is 12.1 Å². The molecule has 0 amide bonds. The lowest BCUT2D eigenvalue weighted by atomic mass is 10.1. The molecule has 0 N–H and O–H groups in total. The van der Waals surface area contributed by atoms with Crippen LogP contribution in [0.25, 0.3) is 0 Å². The molecule has 2 aromatic rings. The molecule has 0 aliphatic carbocycles. The molecule has 120 valence electrons. The summed E-state index contributed by atoms with van der Waals surface area (Å²) in [5, 5.41) is 0. The maximum Gasteiger partial charge on any atom is 0.264 e. The van der Waals surface area contributed by atoms with Gasteiger partial charge in [-0.2, -0.15) is 0 Å². The molecule has 0 atom stereocenters. The molecular weight excluding hydrogens is 310 g/mol. The second kappa shape index (κ2) is 5.49. The van der Waals surface area contributed by atoms with Crippen LogP contribution < -0.4 is 4.31 Å². The number of carbonyl (C=O) groups is 1. The van der Waals surface area contributed by atoms with E-state index in [0.29, 0.717) is 29.1 Å². The van der Waals surface area contributed by atoms with Crippen LogP contribution in [-0.4, -0.2) is 20.7 Å². The number of nitrogens with zero attached hydrogens (tertiary/aromatic N) is 1. The van der Waals surface area contributed by atoms with Gasteiger partial charge in [0.15, 0.2) is 5.78 Å². The van der Waals surface area contributed by atoms with Crippen LogP contribution in [0.15, 0.2) is 41.3 Å². The third-order valence-electron chi connectivity index (χ3n) is 4.24. The summed E-state index contributed by atoms with van der Waals surface area (Å²) in [6.45, 7) is 5.68. The van der Waals surface area contributed by atoms with Gasteiger partial charge in [-0.3, -0.25) is 9.10 Å². The Morgan fingerprint density at radius 2 is 1.83 bits per heavy atom. The number of sulfonamides is 1. The van der Waals surface area contributed by atoms with Crippen molar-refractivity contribution in [2.75, 3.05) is 10.8 Å². The molecule has 3 rings (SSSR count). The maximum atomic E-state index is 13.0. The first-order valence-corrected chi connectivity index (χ1v) is 8.98. The van der Waals surface area contributed by atoms with Crippen LogP contribution in [0.1, 0.15) is 34.0 Å². The van der Waals surface area contributed by atoms with Crippen LogP contribution in [0.3, 0.4) is 0 Å². The third-order valence-corrected chi connectivity index (χ3v) is 6.21. The Labute approximate surface area is 136 Å². The zero-order valence-electron chi connectivity index (χ0n) is 13.5. The Bertz CT molecular complexity index is 900. The van der Waals surface area contributed by atoms with E-state index >= 15 is 0 Å². The van der Waals surface area contributed by atoms with Gasteiger partial charge in [0.1, 0.15) is 0 Å². The summed E-state index contributed by atoms with van der Waals surface area (Å²) in [5.74, 6) is -0.0107. The number of carbonyl (C=O) groups excluding carboxylic acids is 1. The lowest BCUT2D eigenvalue weighted by molar-refractivity contribution is 0.101. The first kappa shape index (κ1) is 15.7. The molecule has 1 aliphatic rings. The number of Topliss-reactive ketones (excluding diaryl/α,β-unsaturated/α-hetero) is 1. The summed E-state index contributed by atoms with van der Waals surface area (Å²) in [7, 11) is -3.58. The molecular formula is C18H19NO3S. The van der Waals surface area contributed by atoms with Crippen LogP contribution in [0.5, 0.6) is 0 Å². The van der Waals surface area contributed by atoms with Crippen molar-refractivity contribution in [2.45, 2.75) is 32.1 Å². The van der Waals surface area contributed by atoms with E-state index in [2.05, 4.69) is 0 Å². The van der Waals surface area contributed by atoms with E-state index in [9.17, 15) is 13.2 Å². The molecule has 0 saturated carbocycles. The Hall–Kier alpha value is -2.14. The molecule has 2 aromatic carbocycles. The largest absolute Gasteiger partial charge is 0.295 e. The summed E-state index contributed by atoms with van der Waals surface area (Å²) in [4.78, 5) is 11.8. The van der Waals surface area contributed by atoms with Crippen molar-refractivity contribution in [3.63, 3.8) is 0 Å². The van der Waals surface area contributed by atoms with Crippen molar-refractivity contribution in [1.29, 1.82) is 0 Å². The second-order valence-electron chi connectivity index (χ2n) is 6.00. The first-order valence-electron chi connectivity index (χ1n) is 7.54. The summed E-state index contributed by atoms with van der Waals surface area (Å²) in [6.07, 6.45) is 0.626. The minimum Gasteiger partial charge on any atom is -0.295 e. The van der Waals surface area contributed by atoms with Gasteiger partial charge in [0.2, 0.25) is 0 Å². The fourth-order valence-electron chi connectivity index (χ4n) is 3.05. The highest BCUT2D eigenvalue weighted by Gasteiger charge is 2.32. The van der Waals surface area contributed by atoms with Crippen LogP contribution in [0.4, 0.5) is 5.69 Å². The zero-order chi connectivity index (χ0) is 16.8. The molecule has 1 aliphatic heterocycles. The molecule has 0 radical (unpaired) electrons. The van der Waals surface area contributed by atoms with E-state index in [4.69, 9.17) is 0 Å². The number of fused-ring (bicyclic) bond motifs is 1. The SMILES string of the molecule is CC(=O)c1ccc2c(c1)CCN2S(=O)(=O)c1ccc(C)cc1C. The monoisotopic (exact) mass is 329 g/mol. The zero-order valence-corrected chi connectivity index (χ0v) is 14.3. The number of benzene rings is 2. The molecule has 0 bridgehead atoms. The van der Waals surface area contributed by atoms with E-state index in [-0.39, 0.29) is 5.78 Å². The molecule has 4 nitrogen and oxygen atoms in total. The highest BCUT2D eigenvalue weighted by Crippen LogP contribution is 2.34. The molecule has 5 heteroatoms.